The van der Waals surface area contributed by atoms with Gasteiger partial charge in [-0.1, -0.05) is 43.3 Å². The molecule has 3 aromatic rings. The molecule has 1 saturated heterocycles. The van der Waals surface area contributed by atoms with Crippen molar-refractivity contribution in [3.8, 4) is 17.2 Å². The number of rotatable bonds is 10. The normalized spacial score (nSPS) is 21.1. The molecule has 2 heterocycles. The molecule has 2 aliphatic heterocycles. The first-order valence-electron chi connectivity index (χ1n) is 15.3. The summed E-state index contributed by atoms with van der Waals surface area (Å²) in [6.07, 6.45) is -0.298. The van der Waals surface area contributed by atoms with Gasteiger partial charge in [-0.05, 0) is 55.9 Å². The number of amides is 2. The molecule has 2 amide bonds. The third-order valence-electron chi connectivity index (χ3n) is 8.15. The summed E-state index contributed by atoms with van der Waals surface area (Å²) in [7, 11) is 2.04. The molecule has 0 bridgehead atoms. The Hall–Kier alpha value is -3.96. The van der Waals surface area contributed by atoms with Crippen molar-refractivity contribution in [3.05, 3.63) is 83.9 Å². The Morgan fingerprint density at radius 3 is 2.55 bits per heavy atom. The third kappa shape index (κ3) is 7.75. The zero-order chi connectivity index (χ0) is 31.1. The number of aliphatic hydroxyl groups is 1. The second-order valence-corrected chi connectivity index (χ2v) is 11.8. The maximum absolute atomic E-state index is 13.8. The quantitative estimate of drug-likeness (QED) is 0.280. The van der Waals surface area contributed by atoms with Crippen LogP contribution in [0.1, 0.15) is 29.8 Å². The average molecular weight is 602 g/mol. The molecule has 1 fully saturated rings. The monoisotopic (exact) mass is 601 g/mol. The number of likely N-dealkylation sites (N-methyl/N-ethyl adjacent to an activating group) is 1. The van der Waals surface area contributed by atoms with E-state index in [2.05, 4.69) is 39.9 Å². The molecule has 0 spiro atoms. The van der Waals surface area contributed by atoms with Crippen molar-refractivity contribution in [3.63, 3.8) is 0 Å². The number of carbonyl (C=O) groups is 2. The number of hydrogen-bond acceptors (Lipinski definition) is 8. The summed E-state index contributed by atoms with van der Waals surface area (Å²) >= 11 is 0. The van der Waals surface area contributed by atoms with Crippen molar-refractivity contribution in [2.75, 3.05) is 51.7 Å². The van der Waals surface area contributed by atoms with E-state index in [9.17, 15) is 14.7 Å². The number of nitrogens with zero attached hydrogens (tertiary/aromatic N) is 2. The van der Waals surface area contributed by atoms with Crippen molar-refractivity contribution in [2.24, 2.45) is 5.92 Å². The zero-order valence-corrected chi connectivity index (χ0v) is 25.7. The molecule has 4 N–H and O–H groups in total. The summed E-state index contributed by atoms with van der Waals surface area (Å²) in [4.78, 5) is 30.8. The van der Waals surface area contributed by atoms with Crippen LogP contribution >= 0.6 is 0 Å². The molecule has 3 aromatic carbocycles. The van der Waals surface area contributed by atoms with Crippen LogP contribution in [0.2, 0.25) is 0 Å². The summed E-state index contributed by atoms with van der Waals surface area (Å²) in [6.45, 7) is 7.45. The summed E-state index contributed by atoms with van der Waals surface area (Å²) in [5.74, 6) is 1.44. The lowest BCUT2D eigenvalue weighted by atomic mass is 9.98. The molecular formula is C34H43N5O5. The van der Waals surface area contributed by atoms with Crippen LogP contribution in [0.25, 0.3) is 0 Å². The first-order valence-corrected chi connectivity index (χ1v) is 15.3. The first-order chi connectivity index (χ1) is 21.3. The van der Waals surface area contributed by atoms with E-state index in [0.29, 0.717) is 49.7 Å². The first kappa shape index (κ1) is 31.5. The van der Waals surface area contributed by atoms with Crippen LogP contribution in [0, 0.1) is 5.92 Å². The number of para-hydroxylation sites is 2. The van der Waals surface area contributed by atoms with E-state index in [1.807, 2.05) is 56.4 Å². The minimum absolute atomic E-state index is 0.0573. The molecule has 234 valence electrons. The van der Waals surface area contributed by atoms with E-state index < -0.39 is 0 Å². The van der Waals surface area contributed by atoms with Crippen LogP contribution in [0.3, 0.4) is 0 Å². The van der Waals surface area contributed by atoms with Gasteiger partial charge < -0.3 is 35.4 Å². The third-order valence-corrected chi connectivity index (χ3v) is 8.15. The van der Waals surface area contributed by atoms with Gasteiger partial charge in [0.1, 0.15) is 17.6 Å². The molecule has 0 aromatic heterocycles. The topological polar surface area (TPSA) is 115 Å². The van der Waals surface area contributed by atoms with Gasteiger partial charge in [0.05, 0.1) is 29.9 Å². The highest BCUT2D eigenvalue weighted by Gasteiger charge is 2.35. The lowest BCUT2D eigenvalue weighted by molar-refractivity contribution is -0.118. The average Bonchev–Trinajstić information content (AvgIpc) is 3.04. The number of ether oxygens (including phenoxy) is 2. The van der Waals surface area contributed by atoms with Crippen molar-refractivity contribution in [2.45, 2.75) is 38.6 Å². The standard InChI is InChI=1S/C34H43N5O5/c1-23-19-39(24(2)22-40)34(42)28-10-7-11-29(37-33(41)30-18-35-16-17-36-30)32(28)44-31(23)21-38(3)20-25-12-14-27(15-13-25)43-26-8-5-4-6-9-26/h4-15,23-24,30-31,35-36,40H,16-22H2,1-3H3,(H,37,41)/t23-,24+,30?,31+/m1/s1. The van der Waals surface area contributed by atoms with E-state index in [1.54, 1.807) is 23.1 Å². The number of aliphatic hydroxyl groups excluding tert-OH is 1. The van der Waals surface area contributed by atoms with Gasteiger partial charge in [0.15, 0.2) is 5.75 Å². The summed E-state index contributed by atoms with van der Waals surface area (Å²) in [6, 6.07) is 22.2. The molecule has 4 atom stereocenters. The number of fused-ring (bicyclic) bond motifs is 1. The lowest BCUT2D eigenvalue weighted by Gasteiger charge is -2.38. The van der Waals surface area contributed by atoms with Crippen molar-refractivity contribution in [1.82, 2.24) is 20.4 Å². The maximum atomic E-state index is 13.8. The minimum Gasteiger partial charge on any atom is -0.486 e. The molecular weight excluding hydrogens is 558 g/mol. The van der Waals surface area contributed by atoms with Crippen LogP contribution in [0.4, 0.5) is 5.69 Å². The van der Waals surface area contributed by atoms with Crippen molar-refractivity contribution in [1.29, 1.82) is 0 Å². The Balaban J connectivity index is 1.34. The largest absolute Gasteiger partial charge is 0.486 e. The van der Waals surface area contributed by atoms with Gasteiger partial charge in [-0.25, -0.2) is 0 Å². The van der Waals surface area contributed by atoms with Gasteiger partial charge in [-0.3, -0.25) is 14.5 Å². The van der Waals surface area contributed by atoms with E-state index in [1.165, 1.54) is 0 Å². The Morgan fingerprint density at radius 2 is 1.84 bits per heavy atom. The van der Waals surface area contributed by atoms with Gasteiger partial charge in [-0.2, -0.15) is 0 Å². The maximum Gasteiger partial charge on any atom is 0.258 e. The number of benzene rings is 3. The Labute approximate surface area is 259 Å². The highest BCUT2D eigenvalue weighted by Crippen LogP contribution is 2.35. The SMILES string of the molecule is C[C@@H]1CN([C@@H](C)CO)C(=O)c2cccc(NC(=O)C3CNCCN3)c2O[C@H]1CN(C)Cc1ccc(Oc2ccccc2)cc1. The van der Waals surface area contributed by atoms with Crippen LogP contribution in [-0.4, -0.2) is 91.3 Å². The molecule has 0 saturated carbocycles. The predicted molar refractivity (Wildman–Crippen MR) is 170 cm³/mol. The highest BCUT2D eigenvalue weighted by atomic mass is 16.5. The second-order valence-electron chi connectivity index (χ2n) is 11.8. The van der Waals surface area contributed by atoms with Crippen molar-refractivity contribution >= 4 is 17.5 Å². The van der Waals surface area contributed by atoms with E-state index >= 15 is 0 Å². The van der Waals surface area contributed by atoms with E-state index in [-0.39, 0.29) is 42.5 Å². The predicted octanol–water partition coefficient (Wildman–Crippen LogP) is 3.33. The van der Waals surface area contributed by atoms with Crippen LogP contribution in [-0.2, 0) is 11.3 Å². The number of piperazine rings is 1. The lowest BCUT2D eigenvalue weighted by Crippen LogP contribution is -2.54. The Bertz CT molecular complexity index is 1400. The molecule has 0 radical (unpaired) electrons. The Kier molecular flexibility index (Phi) is 10.5. The number of carbonyl (C=O) groups excluding carboxylic acids is 2. The van der Waals surface area contributed by atoms with Gasteiger partial charge in [0, 0.05) is 45.2 Å². The van der Waals surface area contributed by atoms with Crippen LogP contribution in [0.15, 0.2) is 72.8 Å². The van der Waals surface area contributed by atoms with Gasteiger partial charge in [0.2, 0.25) is 5.91 Å². The van der Waals surface area contributed by atoms with Gasteiger partial charge in [-0.15, -0.1) is 0 Å². The second kappa shape index (κ2) is 14.7. The van der Waals surface area contributed by atoms with Gasteiger partial charge in [0.25, 0.3) is 5.91 Å². The molecule has 5 rings (SSSR count). The fourth-order valence-corrected chi connectivity index (χ4v) is 5.59. The number of anilines is 1. The van der Waals surface area contributed by atoms with E-state index in [0.717, 1.165) is 23.6 Å². The van der Waals surface area contributed by atoms with Crippen LogP contribution in [0.5, 0.6) is 17.2 Å². The minimum atomic E-state index is -0.389. The molecule has 10 nitrogen and oxygen atoms in total. The highest BCUT2D eigenvalue weighted by molar-refractivity contribution is 6.02. The summed E-state index contributed by atoms with van der Waals surface area (Å²) < 4.78 is 12.6. The van der Waals surface area contributed by atoms with Crippen LogP contribution < -0.4 is 25.4 Å². The number of hydrogen-bond donors (Lipinski definition) is 4. The zero-order valence-electron chi connectivity index (χ0n) is 25.7. The fraction of sp³-hybridized carbons (Fsp3) is 0.412. The fourth-order valence-electron chi connectivity index (χ4n) is 5.59. The van der Waals surface area contributed by atoms with Gasteiger partial charge >= 0.3 is 0 Å². The molecule has 44 heavy (non-hydrogen) atoms. The van der Waals surface area contributed by atoms with E-state index in [4.69, 9.17) is 9.47 Å². The summed E-state index contributed by atoms with van der Waals surface area (Å²) in [5, 5.41) is 19.4. The number of nitrogens with one attached hydrogen (secondary N) is 3. The molecule has 0 aliphatic carbocycles. The Morgan fingerprint density at radius 1 is 1.09 bits per heavy atom. The molecule has 2 aliphatic rings. The molecule has 10 heteroatoms. The van der Waals surface area contributed by atoms with Crippen molar-refractivity contribution < 1.29 is 24.2 Å². The summed E-state index contributed by atoms with van der Waals surface area (Å²) in [5.41, 5.74) is 1.95. The molecule has 1 unspecified atom stereocenters. The smallest absolute Gasteiger partial charge is 0.258 e.